The van der Waals surface area contributed by atoms with Crippen molar-refractivity contribution in [2.75, 3.05) is 6.54 Å². The van der Waals surface area contributed by atoms with E-state index in [0.29, 0.717) is 5.82 Å². The van der Waals surface area contributed by atoms with Gasteiger partial charge in [0.25, 0.3) is 0 Å². The average Bonchev–Trinajstić information content (AvgIpc) is 3.20. The number of hydrogen-bond acceptors (Lipinski definition) is 5. The van der Waals surface area contributed by atoms with Crippen molar-refractivity contribution in [2.24, 2.45) is 0 Å². The zero-order chi connectivity index (χ0) is 19.3. The van der Waals surface area contributed by atoms with Gasteiger partial charge in [0.15, 0.2) is 0 Å². The second-order valence-electron chi connectivity index (χ2n) is 7.09. The first-order valence-electron chi connectivity index (χ1n) is 9.21. The highest BCUT2D eigenvalue weighted by Crippen LogP contribution is 2.42. The summed E-state index contributed by atoms with van der Waals surface area (Å²) in [6.45, 7) is 3.62. The largest absolute Gasteiger partial charge is 0.492 e. The van der Waals surface area contributed by atoms with Gasteiger partial charge in [-0.25, -0.2) is 4.98 Å². The molecule has 0 saturated heterocycles. The van der Waals surface area contributed by atoms with Gasteiger partial charge >= 0.3 is 0 Å². The van der Waals surface area contributed by atoms with E-state index in [4.69, 9.17) is 0 Å². The molecule has 142 valence electrons. The molecule has 7 heteroatoms. The van der Waals surface area contributed by atoms with E-state index < -0.39 is 0 Å². The Bertz CT molecular complexity index is 1170. The molecule has 4 aromatic rings. The van der Waals surface area contributed by atoms with Crippen molar-refractivity contribution in [2.45, 2.75) is 25.9 Å². The van der Waals surface area contributed by atoms with Gasteiger partial charge in [0.1, 0.15) is 5.82 Å². The van der Waals surface area contributed by atoms with Crippen molar-refractivity contribution in [1.82, 2.24) is 19.5 Å². The maximum atomic E-state index is 11.0. The van der Waals surface area contributed by atoms with Crippen LogP contribution in [0.4, 0.5) is 0 Å². The van der Waals surface area contributed by atoms with Crippen molar-refractivity contribution in [1.29, 1.82) is 0 Å². The van der Waals surface area contributed by atoms with Crippen LogP contribution in [0.3, 0.4) is 0 Å². The van der Waals surface area contributed by atoms with E-state index in [9.17, 15) is 5.11 Å². The quantitative estimate of drug-likeness (QED) is 0.486. The molecule has 0 radical (unpaired) electrons. The number of fused-ring (bicyclic) bond motifs is 2. The fourth-order valence-electron chi connectivity index (χ4n) is 3.97. The van der Waals surface area contributed by atoms with Gasteiger partial charge in [-0.2, -0.15) is 4.52 Å². The summed E-state index contributed by atoms with van der Waals surface area (Å²) in [6, 6.07) is 16.9. The molecule has 5 rings (SSSR count). The SMILES string of the molecule is Cc1nc2sc([C@H](c3cccc(Br)c3)N3CCc4ccccc4C3)c(O)n2n1. The predicted octanol–water partition coefficient (Wildman–Crippen LogP) is 4.72. The Kier molecular flexibility index (Phi) is 4.45. The van der Waals surface area contributed by atoms with Crippen LogP contribution in [-0.2, 0) is 13.0 Å². The van der Waals surface area contributed by atoms with E-state index in [2.05, 4.69) is 67.3 Å². The third-order valence-electron chi connectivity index (χ3n) is 5.24. The van der Waals surface area contributed by atoms with Gasteiger partial charge in [0.05, 0.1) is 10.9 Å². The Balaban J connectivity index is 1.63. The normalized spacial score (nSPS) is 15.6. The van der Waals surface area contributed by atoms with Crippen molar-refractivity contribution < 1.29 is 5.11 Å². The third-order valence-corrected chi connectivity index (χ3v) is 6.81. The molecule has 1 aliphatic rings. The standard InChI is InChI=1S/C21H19BrN4OS/c1-13-23-21-26(24-13)20(27)19(28-21)18(15-7-4-8-17(22)11-15)25-10-9-14-5-2-3-6-16(14)12-25/h2-8,11,18,27H,9-10,12H2,1H3/t18-/m0/s1. The number of aromatic nitrogens is 3. The molecular weight excluding hydrogens is 436 g/mol. The number of benzene rings is 2. The lowest BCUT2D eigenvalue weighted by atomic mass is 9.96. The van der Waals surface area contributed by atoms with E-state index in [-0.39, 0.29) is 11.9 Å². The lowest BCUT2D eigenvalue weighted by Gasteiger charge is -2.35. The van der Waals surface area contributed by atoms with E-state index in [1.165, 1.54) is 22.5 Å². The van der Waals surface area contributed by atoms with E-state index in [0.717, 1.165) is 39.4 Å². The van der Waals surface area contributed by atoms with Crippen LogP contribution in [0.2, 0.25) is 0 Å². The molecule has 5 nitrogen and oxygen atoms in total. The van der Waals surface area contributed by atoms with Crippen LogP contribution in [-0.4, -0.2) is 31.1 Å². The summed E-state index contributed by atoms with van der Waals surface area (Å²) in [7, 11) is 0. The smallest absolute Gasteiger partial charge is 0.230 e. The first-order valence-corrected chi connectivity index (χ1v) is 10.8. The first kappa shape index (κ1) is 17.8. The minimum absolute atomic E-state index is 0.0559. The molecular formula is C21H19BrN4OS. The Hall–Kier alpha value is -2.22. The number of aromatic hydroxyl groups is 1. The lowest BCUT2D eigenvalue weighted by Crippen LogP contribution is -2.34. The predicted molar refractivity (Wildman–Crippen MR) is 114 cm³/mol. The molecule has 1 atom stereocenters. The van der Waals surface area contributed by atoms with Gasteiger partial charge in [-0.1, -0.05) is 63.7 Å². The molecule has 0 amide bonds. The molecule has 2 aromatic heterocycles. The summed E-state index contributed by atoms with van der Waals surface area (Å²) in [4.78, 5) is 8.49. The average molecular weight is 455 g/mol. The van der Waals surface area contributed by atoms with Crippen molar-refractivity contribution in [3.63, 3.8) is 0 Å². The second kappa shape index (κ2) is 6.99. The fourth-order valence-corrected chi connectivity index (χ4v) is 5.55. The van der Waals surface area contributed by atoms with Crippen molar-refractivity contribution in [3.05, 3.63) is 80.4 Å². The summed E-state index contributed by atoms with van der Waals surface area (Å²) in [5, 5.41) is 15.3. The van der Waals surface area contributed by atoms with Crippen LogP contribution in [0.25, 0.3) is 4.96 Å². The van der Waals surface area contributed by atoms with E-state index in [1.54, 1.807) is 4.52 Å². The van der Waals surface area contributed by atoms with Gasteiger partial charge in [-0.15, -0.1) is 5.10 Å². The number of aryl methyl sites for hydroxylation is 1. The number of hydrogen-bond donors (Lipinski definition) is 1. The van der Waals surface area contributed by atoms with Gasteiger partial charge < -0.3 is 5.11 Å². The summed E-state index contributed by atoms with van der Waals surface area (Å²) >= 11 is 5.11. The molecule has 0 bridgehead atoms. The van der Waals surface area contributed by atoms with Gasteiger partial charge in [0, 0.05) is 17.6 Å². The molecule has 1 aliphatic heterocycles. The second-order valence-corrected chi connectivity index (χ2v) is 9.01. The summed E-state index contributed by atoms with van der Waals surface area (Å²) < 4.78 is 2.58. The van der Waals surface area contributed by atoms with Crippen LogP contribution >= 0.6 is 27.3 Å². The topological polar surface area (TPSA) is 53.7 Å². The molecule has 2 aromatic carbocycles. The Morgan fingerprint density at radius 3 is 2.75 bits per heavy atom. The summed E-state index contributed by atoms with van der Waals surface area (Å²) in [5.41, 5.74) is 3.91. The summed E-state index contributed by atoms with van der Waals surface area (Å²) in [6.07, 6.45) is 1.00. The van der Waals surface area contributed by atoms with Gasteiger partial charge in [-0.05, 0) is 42.2 Å². The minimum atomic E-state index is -0.0559. The molecule has 3 heterocycles. The number of rotatable bonds is 3. The molecule has 0 saturated carbocycles. The molecule has 0 aliphatic carbocycles. The van der Waals surface area contributed by atoms with E-state index in [1.807, 2.05) is 19.1 Å². The van der Waals surface area contributed by atoms with Crippen molar-refractivity contribution >= 4 is 32.2 Å². The zero-order valence-corrected chi connectivity index (χ0v) is 17.7. The maximum absolute atomic E-state index is 11.0. The first-order chi connectivity index (χ1) is 13.6. The van der Waals surface area contributed by atoms with Crippen LogP contribution in [0.1, 0.15) is 33.4 Å². The lowest BCUT2D eigenvalue weighted by molar-refractivity contribution is 0.205. The highest BCUT2D eigenvalue weighted by atomic mass is 79.9. The van der Waals surface area contributed by atoms with Crippen LogP contribution in [0, 0.1) is 6.92 Å². The Morgan fingerprint density at radius 1 is 1.14 bits per heavy atom. The summed E-state index contributed by atoms with van der Waals surface area (Å²) in [5.74, 6) is 0.850. The molecule has 1 N–H and O–H groups in total. The maximum Gasteiger partial charge on any atom is 0.230 e. The van der Waals surface area contributed by atoms with Gasteiger partial charge in [-0.3, -0.25) is 4.90 Å². The van der Waals surface area contributed by atoms with Gasteiger partial charge in [0.2, 0.25) is 10.8 Å². The Labute approximate surface area is 175 Å². The highest BCUT2D eigenvalue weighted by Gasteiger charge is 2.31. The fraction of sp³-hybridized carbons (Fsp3) is 0.238. The van der Waals surface area contributed by atoms with E-state index >= 15 is 0 Å². The molecule has 28 heavy (non-hydrogen) atoms. The molecule has 0 fully saturated rings. The van der Waals surface area contributed by atoms with Crippen LogP contribution in [0.15, 0.2) is 53.0 Å². The monoisotopic (exact) mass is 454 g/mol. The third kappa shape index (κ3) is 3.03. The zero-order valence-electron chi connectivity index (χ0n) is 15.3. The number of halogens is 1. The number of nitrogens with zero attached hydrogens (tertiary/aromatic N) is 4. The minimum Gasteiger partial charge on any atom is -0.492 e. The molecule has 0 spiro atoms. The highest BCUT2D eigenvalue weighted by molar-refractivity contribution is 9.10. The van der Waals surface area contributed by atoms with Crippen molar-refractivity contribution in [3.8, 4) is 5.88 Å². The van der Waals surface area contributed by atoms with Crippen LogP contribution in [0.5, 0.6) is 5.88 Å². The number of thiazole rings is 1. The van der Waals surface area contributed by atoms with Crippen LogP contribution < -0.4 is 0 Å². The molecule has 0 unspecified atom stereocenters. The Morgan fingerprint density at radius 2 is 1.96 bits per heavy atom.